The van der Waals surface area contributed by atoms with Crippen molar-refractivity contribution in [1.29, 1.82) is 0 Å². The van der Waals surface area contributed by atoms with Gasteiger partial charge in [0, 0.05) is 12.1 Å². The van der Waals surface area contributed by atoms with E-state index in [4.69, 9.17) is 14.2 Å². The lowest BCUT2D eigenvalue weighted by Crippen LogP contribution is -2.40. The maximum Gasteiger partial charge on any atom is 0.271 e. The first-order valence-corrected chi connectivity index (χ1v) is 7.10. The van der Waals surface area contributed by atoms with Gasteiger partial charge >= 0.3 is 0 Å². The van der Waals surface area contributed by atoms with Crippen LogP contribution in [0.15, 0.2) is 42.5 Å². The summed E-state index contributed by atoms with van der Waals surface area (Å²) in [5.74, 6) is 0.860. The summed E-state index contributed by atoms with van der Waals surface area (Å²) in [4.78, 5) is 22.7. The highest BCUT2D eigenvalue weighted by molar-refractivity contribution is 5.96. The number of ether oxygens (including phenoxy) is 3. The fourth-order valence-corrected chi connectivity index (χ4v) is 2.27. The highest BCUT2D eigenvalue weighted by Gasteiger charge is 2.28. The number of fused-ring (bicyclic) bond motifs is 1. The van der Waals surface area contributed by atoms with E-state index in [2.05, 4.69) is 5.32 Å². The second kappa shape index (κ2) is 6.45. The Labute approximate surface area is 137 Å². The molecule has 1 amide bonds. The molecule has 1 heterocycles. The number of rotatable bonds is 4. The number of carbonyl (C=O) groups is 1. The number of nitrogens with zero attached hydrogens (tertiary/aromatic N) is 1. The lowest BCUT2D eigenvalue weighted by Gasteiger charge is -2.25. The summed E-state index contributed by atoms with van der Waals surface area (Å²) in [5.41, 5.74) is 0.0383. The Bertz CT molecular complexity index is 792. The van der Waals surface area contributed by atoms with Crippen molar-refractivity contribution in [2.45, 2.75) is 6.10 Å². The van der Waals surface area contributed by atoms with E-state index in [1.54, 1.807) is 24.3 Å². The number of nitro benzene ring substituents is 1. The summed E-state index contributed by atoms with van der Waals surface area (Å²) in [6.45, 7) is 0.0418. The van der Waals surface area contributed by atoms with Crippen molar-refractivity contribution in [2.24, 2.45) is 0 Å². The molecule has 0 spiro atoms. The molecule has 2 aromatic carbocycles. The fraction of sp³-hybridized carbons (Fsp3) is 0.188. The van der Waals surface area contributed by atoms with Crippen molar-refractivity contribution in [1.82, 2.24) is 0 Å². The number of anilines is 1. The van der Waals surface area contributed by atoms with Crippen LogP contribution < -0.4 is 19.5 Å². The standard InChI is InChI=1S/C16H14N2O6/c1-22-12-7-6-10(18(20)21)8-11(12)17-16(19)15-9-23-13-4-2-3-5-14(13)24-15/h2-8,15H,9H2,1H3,(H,17,19)/t15-/m0/s1. The molecule has 0 aromatic heterocycles. The number of carbonyl (C=O) groups excluding carboxylic acids is 1. The Morgan fingerprint density at radius 1 is 1.29 bits per heavy atom. The molecule has 1 aliphatic heterocycles. The minimum Gasteiger partial charge on any atom is -0.495 e. The molecule has 1 N–H and O–H groups in total. The second-order valence-electron chi connectivity index (χ2n) is 5.00. The molecule has 8 nitrogen and oxygen atoms in total. The van der Waals surface area contributed by atoms with E-state index in [0.29, 0.717) is 17.2 Å². The molecule has 3 rings (SSSR count). The van der Waals surface area contributed by atoms with Gasteiger partial charge in [-0.15, -0.1) is 0 Å². The molecule has 1 atom stereocenters. The Hall–Kier alpha value is -3.29. The SMILES string of the molecule is COc1ccc([N+](=O)[O-])cc1NC(=O)[C@@H]1COc2ccccc2O1. The molecule has 1 aliphatic rings. The predicted octanol–water partition coefficient (Wildman–Crippen LogP) is 2.38. The summed E-state index contributed by atoms with van der Waals surface area (Å²) in [6.07, 6.45) is -0.871. The van der Waals surface area contributed by atoms with Crippen LogP contribution in [0, 0.1) is 10.1 Å². The van der Waals surface area contributed by atoms with Crippen molar-refractivity contribution in [3.8, 4) is 17.2 Å². The Morgan fingerprint density at radius 3 is 2.75 bits per heavy atom. The molecule has 0 aliphatic carbocycles. The van der Waals surface area contributed by atoms with E-state index in [1.807, 2.05) is 0 Å². The first-order valence-electron chi connectivity index (χ1n) is 7.10. The summed E-state index contributed by atoms with van der Waals surface area (Å²) in [5, 5.41) is 13.5. The van der Waals surface area contributed by atoms with Crippen molar-refractivity contribution in [3.63, 3.8) is 0 Å². The Balaban J connectivity index is 1.78. The van der Waals surface area contributed by atoms with Gasteiger partial charge in [0.15, 0.2) is 11.5 Å². The summed E-state index contributed by atoms with van der Waals surface area (Å²) >= 11 is 0. The van der Waals surface area contributed by atoms with Crippen LogP contribution in [0.3, 0.4) is 0 Å². The maximum atomic E-state index is 12.4. The van der Waals surface area contributed by atoms with Gasteiger partial charge in [-0.1, -0.05) is 12.1 Å². The largest absolute Gasteiger partial charge is 0.495 e. The van der Waals surface area contributed by atoms with Gasteiger partial charge in [0.1, 0.15) is 12.4 Å². The fourth-order valence-electron chi connectivity index (χ4n) is 2.27. The van der Waals surface area contributed by atoms with Crippen molar-refractivity contribution in [2.75, 3.05) is 19.0 Å². The predicted molar refractivity (Wildman–Crippen MR) is 84.6 cm³/mol. The number of benzene rings is 2. The molecular weight excluding hydrogens is 316 g/mol. The van der Waals surface area contributed by atoms with E-state index in [1.165, 1.54) is 25.3 Å². The van der Waals surface area contributed by atoms with E-state index in [-0.39, 0.29) is 18.0 Å². The van der Waals surface area contributed by atoms with Crippen LogP contribution in [0.4, 0.5) is 11.4 Å². The van der Waals surface area contributed by atoms with Gasteiger partial charge in [-0.3, -0.25) is 14.9 Å². The smallest absolute Gasteiger partial charge is 0.271 e. The Morgan fingerprint density at radius 2 is 2.04 bits per heavy atom. The highest BCUT2D eigenvalue weighted by Crippen LogP contribution is 2.32. The zero-order valence-corrected chi connectivity index (χ0v) is 12.7. The number of amides is 1. The molecule has 0 saturated heterocycles. The van der Waals surface area contributed by atoms with Crippen LogP contribution in [0.5, 0.6) is 17.2 Å². The number of non-ortho nitro benzene ring substituents is 1. The number of nitro groups is 1. The van der Waals surface area contributed by atoms with Gasteiger partial charge in [0.25, 0.3) is 11.6 Å². The Kier molecular flexibility index (Phi) is 4.19. The molecule has 0 saturated carbocycles. The third-order valence-corrected chi connectivity index (χ3v) is 3.45. The molecule has 24 heavy (non-hydrogen) atoms. The van der Waals surface area contributed by atoms with Crippen LogP contribution in [0.25, 0.3) is 0 Å². The average Bonchev–Trinajstić information content (AvgIpc) is 2.61. The monoisotopic (exact) mass is 330 g/mol. The molecule has 8 heteroatoms. The highest BCUT2D eigenvalue weighted by atomic mass is 16.6. The van der Waals surface area contributed by atoms with Gasteiger partial charge in [-0.25, -0.2) is 0 Å². The molecule has 2 aromatic rings. The van der Waals surface area contributed by atoms with E-state index >= 15 is 0 Å². The second-order valence-corrected chi connectivity index (χ2v) is 5.00. The molecule has 0 bridgehead atoms. The van der Waals surface area contributed by atoms with Crippen LogP contribution in [-0.2, 0) is 4.79 Å². The lowest BCUT2D eigenvalue weighted by atomic mass is 10.2. The summed E-state index contributed by atoms with van der Waals surface area (Å²) in [6, 6.07) is 11.0. The quantitative estimate of drug-likeness (QED) is 0.682. The zero-order valence-electron chi connectivity index (χ0n) is 12.7. The first kappa shape index (κ1) is 15.6. The minimum absolute atomic E-state index is 0.0418. The minimum atomic E-state index is -0.871. The topological polar surface area (TPSA) is 99.9 Å². The molecular formula is C16H14N2O6. The van der Waals surface area contributed by atoms with Crippen LogP contribution >= 0.6 is 0 Å². The van der Waals surface area contributed by atoms with Gasteiger partial charge < -0.3 is 19.5 Å². The normalized spacial score (nSPS) is 15.5. The average molecular weight is 330 g/mol. The van der Waals surface area contributed by atoms with E-state index in [0.717, 1.165) is 0 Å². The third kappa shape index (κ3) is 3.07. The lowest BCUT2D eigenvalue weighted by molar-refractivity contribution is -0.384. The van der Waals surface area contributed by atoms with Crippen LogP contribution in [0.2, 0.25) is 0 Å². The van der Waals surface area contributed by atoms with Gasteiger partial charge in [-0.2, -0.15) is 0 Å². The first-order chi connectivity index (χ1) is 11.6. The van der Waals surface area contributed by atoms with Crippen LogP contribution in [-0.4, -0.2) is 30.7 Å². The summed E-state index contributed by atoms with van der Waals surface area (Å²) < 4.78 is 16.2. The van der Waals surface area contributed by atoms with E-state index in [9.17, 15) is 14.9 Å². The maximum absolute atomic E-state index is 12.4. The number of nitrogens with one attached hydrogen (secondary N) is 1. The number of methoxy groups -OCH3 is 1. The zero-order chi connectivity index (χ0) is 17.1. The number of hydrogen-bond acceptors (Lipinski definition) is 6. The molecule has 124 valence electrons. The van der Waals surface area contributed by atoms with Gasteiger partial charge in [0.2, 0.25) is 6.10 Å². The summed E-state index contributed by atoms with van der Waals surface area (Å²) in [7, 11) is 1.41. The molecule has 0 radical (unpaired) electrons. The molecule has 0 fully saturated rings. The number of para-hydroxylation sites is 2. The van der Waals surface area contributed by atoms with E-state index < -0.39 is 16.9 Å². The van der Waals surface area contributed by atoms with Gasteiger partial charge in [0.05, 0.1) is 17.7 Å². The van der Waals surface area contributed by atoms with Crippen molar-refractivity contribution < 1.29 is 23.9 Å². The van der Waals surface area contributed by atoms with Crippen molar-refractivity contribution >= 4 is 17.3 Å². The number of hydrogen-bond donors (Lipinski definition) is 1. The van der Waals surface area contributed by atoms with Crippen molar-refractivity contribution in [3.05, 3.63) is 52.6 Å². The third-order valence-electron chi connectivity index (χ3n) is 3.45. The molecule has 0 unspecified atom stereocenters. The van der Waals surface area contributed by atoms with Crippen LogP contribution in [0.1, 0.15) is 0 Å². The van der Waals surface area contributed by atoms with Gasteiger partial charge in [-0.05, 0) is 18.2 Å².